The zero-order valence-electron chi connectivity index (χ0n) is 9.06. The molecule has 15 heavy (non-hydrogen) atoms. The summed E-state index contributed by atoms with van der Waals surface area (Å²) >= 11 is 0. The van der Waals surface area contributed by atoms with Crippen LogP contribution in [0.15, 0.2) is 0 Å². The Hall–Kier alpha value is -1.14. The van der Waals surface area contributed by atoms with Crippen molar-refractivity contribution in [2.75, 3.05) is 40.3 Å². The van der Waals surface area contributed by atoms with E-state index in [4.69, 9.17) is 5.11 Å². The van der Waals surface area contributed by atoms with Crippen LogP contribution < -0.4 is 5.32 Å². The molecule has 86 valence electrons. The Balaban J connectivity index is 2.63. The van der Waals surface area contributed by atoms with Gasteiger partial charge in [-0.1, -0.05) is 0 Å². The maximum absolute atomic E-state index is 11.5. The average Bonchev–Trinajstić information content (AvgIpc) is 2.27. The van der Waals surface area contributed by atoms with Gasteiger partial charge in [0, 0.05) is 26.7 Å². The first-order valence-corrected chi connectivity index (χ1v) is 4.90. The molecule has 1 atom stereocenters. The number of carbonyl (C=O) groups is 2. The first kappa shape index (κ1) is 11.9. The summed E-state index contributed by atoms with van der Waals surface area (Å²) in [6.45, 7) is 1.05. The molecule has 0 aromatic carbocycles. The van der Waals surface area contributed by atoms with E-state index in [1.165, 1.54) is 4.90 Å². The van der Waals surface area contributed by atoms with Gasteiger partial charge in [-0.05, 0) is 7.05 Å². The molecular formula is C9H17N3O3. The van der Waals surface area contributed by atoms with Gasteiger partial charge < -0.3 is 15.3 Å². The van der Waals surface area contributed by atoms with Crippen molar-refractivity contribution in [3.8, 4) is 0 Å². The van der Waals surface area contributed by atoms with Gasteiger partial charge in [0.1, 0.15) is 12.6 Å². The monoisotopic (exact) mass is 215 g/mol. The highest BCUT2D eigenvalue weighted by atomic mass is 16.3. The van der Waals surface area contributed by atoms with E-state index in [9.17, 15) is 9.59 Å². The van der Waals surface area contributed by atoms with Gasteiger partial charge in [-0.2, -0.15) is 0 Å². The molecule has 1 saturated heterocycles. The maximum atomic E-state index is 11.5. The second kappa shape index (κ2) is 5.09. The predicted molar refractivity (Wildman–Crippen MR) is 54.2 cm³/mol. The number of amides is 2. The number of aliphatic hydroxyl groups is 1. The molecule has 0 unspecified atom stereocenters. The quantitative estimate of drug-likeness (QED) is 0.552. The van der Waals surface area contributed by atoms with Crippen LogP contribution >= 0.6 is 0 Å². The fourth-order valence-electron chi connectivity index (χ4n) is 1.65. The van der Waals surface area contributed by atoms with E-state index in [2.05, 4.69) is 5.32 Å². The van der Waals surface area contributed by atoms with Gasteiger partial charge in [0.25, 0.3) is 0 Å². The zero-order chi connectivity index (χ0) is 11.4. The molecule has 6 heteroatoms. The molecule has 0 aromatic heterocycles. The summed E-state index contributed by atoms with van der Waals surface area (Å²) < 4.78 is 0. The van der Waals surface area contributed by atoms with Crippen molar-refractivity contribution in [1.82, 2.24) is 15.1 Å². The third kappa shape index (κ3) is 2.66. The number of rotatable bonds is 2. The number of carbonyl (C=O) groups excluding carboxylic acids is 2. The molecule has 1 aliphatic rings. The van der Waals surface area contributed by atoms with Crippen LogP contribution in [0.3, 0.4) is 0 Å². The van der Waals surface area contributed by atoms with Gasteiger partial charge >= 0.3 is 0 Å². The summed E-state index contributed by atoms with van der Waals surface area (Å²) in [5.74, 6) is -0.426. The fourth-order valence-corrected chi connectivity index (χ4v) is 1.65. The number of piperazine rings is 1. The molecule has 0 aromatic rings. The second-order valence-electron chi connectivity index (χ2n) is 3.61. The number of likely N-dealkylation sites (N-methyl/N-ethyl adjacent to an activating group) is 2. The Morgan fingerprint density at radius 2 is 2.13 bits per heavy atom. The standard InChI is InChI=1S/C9H17N3O3/c1-10-9(15)7-5-12(8(14)6-13)4-3-11(7)2/h7,13H,3-6H2,1-2H3,(H,10,15)/t7-/m0/s1. The van der Waals surface area contributed by atoms with Crippen LogP contribution in [0.1, 0.15) is 0 Å². The molecule has 2 N–H and O–H groups in total. The van der Waals surface area contributed by atoms with Gasteiger partial charge in [0.2, 0.25) is 11.8 Å². The summed E-state index contributed by atoms with van der Waals surface area (Å²) in [5, 5.41) is 11.3. The number of nitrogens with zero attached hydrogens (tertiary/aromatic N) is 2. The number of hydrogen-bond donors (Lipinski definition) is 2. The molecule has 1 rings (SSSR count). The molecule has 0 spiro atoms. The molecule has 1 aliphatic heterocycles. The SMILES string of the molecule is CNC(=O)[C@@H]1CN(C(=O)CO)CCN1C. The van der Waals surface area contributed by atoms with Crippen molar-refractivity contribution >= 4 is 11.8 Å². The Bertz CT molecular complexity index is 257. The van der Waals surface area contributed by atoms with Crippen LogP contribution in [0, 0.1) is 0 Å². The highest BCUT2D eigenvalue weighted by Gasteiger charge is 2.31. The Morgan fingerprint density at radius 3 is 2.67 bits per heavy atom. The Labute approximate surface area is 88.8 Å². The van der Waals surface area contributed by atoms with E-state index in [-0.39, 0.29) is 17.9 Å². The first-order chi connectivity index (χ1) is 7.10. The third-order valence-corrected chi connectivity index (χ3v) is 2.69. The van der Waals surface area contributed by atoms with Crippen LogP contribution in [-0.2, 0) is 9.59 Å². The highest BCUT2D eigenvalue weighted by Crippen LogP contribution is 2.07. The summed E-state index contributed by atoms with van der Waals surface area (Å²) in [4.78, 5) is 26.2. The smallest absolute Gasteiger partial charge is 0.248 e. The van der Waals surface area contributed by atoms with Crippen LogP contribution in [0.25, 0.3) is 0 Å². The average molecular weight is 215 g/mol. The van der Waals surface area contributed by atoms with Gasteiger partial charge in [-0.15, -0.1) is 0 Å². The van der Waals surface area contributed by atoms with Gasteiger partial charge in [0.15, 0.2) is 0 Å². The molecule has 1 heterocycles. The van der Waals surface area contributed by atoms with E-state index in [1.807, 2.05) is 11.9 Å². The van der Waals surface area contributed by atoms with Crippen molar-refractivity contribution in [2.24, 2.45) is 0 Å². The lowest BCUT2D eigenvalue weighted by Gasteiger charge is -2.38. The number of aliphatic hydroxyl groups excluding tert-OH is 1. The van der Waals surface area contributed by atoms with E-state index in [1.54, 1.807) is 7.05 Å². The molecule has 0 radical (unpaired) electrons. The Morgan fingerprint density at radius 1 is 1.47 bits per heavy atom. The first-order valence-electron chi connectivity index (χ1n) is 4.90. The predicted octanol–water partition coefficient (Wildman–Crippen LogP) is -2.13. The minimum absolute atomic E-state index is 0.104. The molecule has 0 aliphatic carbocycles. The summed E-state index contributed by atoms with van der Waals surface area (Å²) in [5.41, 5.74) is 0. The van der Waals surface area contributed by atoms with E-state index in [0.717, 1.165) is 0 Å². The molecular weight excluding hydrogens is 198 g/mol. The lowest BCUT2D eigenvalue weighted by atomic mass is 10.1. The van der Waals surface area contributed by atoms with Crippen LogP contribution in [0.4, 0.5) is 0 Å². The van der Waals surface area contributed by atoms with Crippen molar-refractivity contribution in [2.45, 2.75) is 6.04 Å². The van der Waals surface area contributed by atoms with Crippen molar-refractivity contribution in [3.63, 3.8) is 0 Å². The minimum Gasteiger partial charge on any atom is -0.387 e. The third-order valence-electron chi connectivity index (χ3n) is 2.69. The van der Waals surface area contributed by atoms with Gasteiger partial charge in [0.05, 0.1) is 0 Å². The molecule has 0 saturated carbocycles. The minimum atomic E-state index is -0.496. The number of nitrogens with one attached hydrogen (secondary N) is 1. The lowest BCUT2D eigenvalue weighted by molar-refractivity contribution is -0.139. The summed E-state index contributed by atoms with van der Waals surface area (Å²) in [7, 11) is 3.42. The van der Waals surface area contributed by atoms with E-state index in [0.29, 0.717) is 19.6 Å². The van der Waals surface area contributed by atoms with Gasteiger partial charge in [-0.3, -0.25) is 14.5 Å². The summed E-state index contributed by atoms with van der Waals surface area (Å²) in [6, 6.07) is -0.320. The normalized spacial score (nSPS) is 22.6. The maximum Gasteiger partial charge on any atom is 0.248 e. The fraction of sp³-hybridized carbons (Fsp3) is 0.778. The van der Waals surface area contributed by atoms with E-state index >= 15 is 0 Å². The second-order valence-corrected chi connectivity index (χ2v) is 3.61. The molecule has 0 bridgehead atoms. The molecule has 6 nitrogen and oxygen atoms in total. The van der Waals surface area contributed by atoms with Crippen molar-refractivity contribution in [1.29, 1.82) is 0 Å². The topological polar surface area (TPSA) is 72.9 Å². The largest absolute Gasteiger partial charge is 0.387 e. The van der Waals surface area contributed by atoms with E-state index < -0.39 is 6.61 Å². The Kier molecular flexibility index (Phi) is 4.05. The van der Waals surface area contributed by atoms with Crippen LogP contribution in [-0.4, -0.2) is 73.1 Å². The van der Waals surface area contributed by atoms with Crippen LogP contribution in [0.5, 0.6) is 0 Å². The van der Waals surface area contributed by atoms with Crippen LogP contribution in [0.2, 0.25) is 0 Å². The molecule has 1 fully saturated rings. The highest BCUT2D eigenvalue weighted by molar-refractivity contribution is 5.83. The number of hydrogen-bond acceptors (Lipinski definition) is 4. The summed E-state index contributed by atoms with van der Waals surface area (Å²) in [6.07, 6.45) is 0. The lowest BCUT2D eigenvalue weighted by Crippen LogP contribution is -2.58. The van der Waals surface area contributed by atoms with Crippen molar-refractivity contribution in [3.05, 3.63) is 0 Å². The van der Waals surface area contributed by atoms with Gasteiger partial charge in [-0.25, -0.2) is 0 Å². The van der Waals surface area contributed by atoms with Crippen molar-refractivity contribution < 1.29 is 14.7 Å². The zero-order valence-corrected chi connectivity index (χ0v) is 9.06. The molecule has 2 amide bonds.